The van der Waals surface area contributed by atoms with Gasteiger partial charge >= 0.3 is 18.0 Å². The van der Waals surface area contributed by atoms with Crippen molar-refractivity contribution >= 4 is 29.6 Å². The maximum Gasteiger partial charge on any atom is 0.344 e. The van der Waals surface area contributed by atoms with Crippen LogP contribution >= 0.6 is 11.6 Å². The first kappa shape index (κ1) is 24.3. The Morgan fingerprint density at radius 3 is 2.45 bits per heavy atom. The number of carbonyl (C=O) groups excluding carboxylic acids is 3. The van der Waals surface area contributed by atoms with E-state index in [-0.39, 0.29) is 30.3 Å². The molecule has 0 aliphatic carbocycles. The van der Waals surface area contributed by atoms with Crippen molar-refractivity contribution in [2.75, 3.05) is 26.9 Å². The quantitative estimate of drug-likeness (QED) is 0.522. The average molecular weight is 455 g/mol. The summed E-state index contributed by atoms with van der Waals surface area (Å²) >= 11 is 6.27. The van der Waals surface area contributed by atoms with E-state index in [0.717, 1.165) is 0 Å². The van der Waals surface area contributed by atoms with Crippen LogP contribution in [0.1, 0.15) is 45.2 Å². The number of carbonyl (C=O) groups is 3. The van der Waals surface area contributed by atoms with Crippen LogP contribution in [0.15, 0.2) is 23.4 Å². The summed E-state index contributed by atoms with van der Waals surface area (Å²) < 4.78 is 21.2. The first-order chi connectivity index (χ1) is 14.9. The lowest BCUT2D eigenvalue weighted by atomic mass is 9.93. The molecule has 0 aromatic heterocycles. The number of methoxy groups -OCH3 is 1. The van der Waals surface area contributed by atoms with E-state index in [2.05, 4.69) is 10.6 Å². The molecule has 31 heavy (non-hydrogen) atoms. The molecule has 1 aromatic carbocycles. The summed E-state index contributed by atoms with van der Waals surface area (Å²) in [6, 6.07) is 1.63. The third-order valence-electron chi connectivity index (χ3n) is 4.37. The lowest BCUT2D eigenvalue weighted by Crippen LogP contribution is -2.46. The minimum Gasteiger partial charge on any atom is -0.493 e. The van der Waals surface area contributed by atoms with Gasteiger partial charge in [0.15, 0.2) is 18.1 Å². The molecule has 0 bridgehead atoms. The maximum absolute atomic E-state index is 12.8. The molecule has 2 N–H and O–H groups in total. The van der Waals surface area contributed by atoms with Gasteiger partial charge in [0.25, 0.3) is 0 Å². The highest BCUT2D eigenvalue weighted by Gasteiger charge is 2.36. The fourth-order valence-corrected chi connectivity index (χ4v) is 3.41. The van der Waals surface area contributed by atoms with Crippen LogP contribution in [0, 0.1) is 0 Å². The summed E-state index contributed by atoms with van der Waals surface area (Å²) in [4.78, 5) is 37.0. The van der Waals surface area contributed by atoms with E-state index in [1.807, 2.05) is 6.92 Å². The van der Waals surface area contributed by atoms with E-state index in [0.29, 0.717) is 29.1 Å². The number of hydrogen-bond acceptors (Lipinski definition) is 7. The van der Waals surface area contributed by atoms with E-state index < -0.39 is 30.6 Å². The predicted molar refractivity (Wildman–Crippen MR) is 113 cm³/mol. The molecule has 170 valence electrons. The zero-order chi connectivity index (χ0) is 23.0. The van der Waals surface area contributed by atoms with Crippen LogP contribution in [-0.4, -0.2) is 44.9 Å². The third-order valence-corrected chi connectivity index (χ3v) is 4.59. The monoisotopic (exact) mass is 454 g/mol. The molecule has 0 radical (unpaired) electrons. The van der Waals surface area contributed by atoms with E-state index in [9.17, 15) is 14.4 Å². The van der Waals surface area contributed by atoms with Gasteiger partial charge in [-0.25, -0.2) is 14.4 Å². The first-order valence-corrected chi connectivity index (χ1v) is 10.4. The molecule has 1 atom stereocenters. The van der Waals surface area contributed by atoms with Crippen molar-refractivity contribution in [1.82, 2.24) is 10.6 Å². The normalized spacial score (nSPS) is 15.6. The van der Waals surface area contributed by atoms with Gasteiger partial charge in [0, 0.05) is 22.3 Å². The van der Waals surface area contributed by atoms with Gasteiger partial charge in [-0.15, -0.1) is 0 Å². The fraction of sp³-hybridized carbons (Fsp3) is 0.476. The van der Waals surface area contributed by atoms with E-state index >= 15 is 0 Å². The van der Waals surface area contributed by atoms with Crippen LogP contribution in [0.5, 0.6) is 11.5 Å². The van der Waals surface area contributed by atoms with Crippen molar-refractivity contribution in [2.24, 2.45) is 0 Å². The molecule has 0 saturated carbocycles. The topological polar surface area (TPSA) is 112 Å². The molecule has 9 nitrogen and oxygen atoms in total. The number of halogens is 1. The van der Waals surface area contributed by atoms with Gasteiger partial charge in [-0.05, 0) is 26.3 Å². The van der Waals surface area contributed by atoms with E-state index in [1.165, 1.54) is 13.2 Å². The summed E-state index contributed by atoms with van der Waals surface area (Å²) in [6.45, 7) is 5.27. The molecule has 2 amide bonds. The highest BCUT2D eigenvalue weighted by Crippen LogP contribution is 2.42. The van der Waals surface area contributed by atoms with Crippen LogP contribution in [-0.2, 0) is 19.1 Å². The standard InChI is InChI=1S/C21H27ClN2O7/c1-5-8-14-17(20(26)30-7-3)18(24-21(27)23-14)13-9-12(22)10-15(28-4)19(13)31-11-16(25)29-6-2/h9-10,18H,5-8,11H2,1-4H3,(H2,23,24,27)/t18-/m1/s1. The Hall–Kier alpha value is -2.94. The van der Waals surface area contributed by atoms with E-state index in [4.69, 9.17) is 30.5 Å². The minimum absolute atomic E-state index is 0.157. The van der Waals surface area contributed by atoms with E-state index in [1.54, 1.807) is 19.9 Å². The molecule has 2 rings (SSSR count). The SMILES string of the molecule is CCCC1=C(C(=O)OCC)[C@@H](c2cc(Cl)cc(OC)c2OCC(=O)OCC)NC(=O)N1. The predicted octanol–water partition coefficient (Wildman–Crippen LogP) is 3.26. The van der Waals surface area contributed by atoms with Gasteiger partial charge in [-0.3, -0.25) is 0 Å². The zero-order valence-corrected chi connectivity index (χ0v) is 18.8. The molecule has 1 aliphatic heterocycles. The number of benzene rings is 1. The summed E-state index contributed by atoms with van der Waals surface area (Å²) in [7, 11) is 1.41. The van der Waals surface area contributed by atoms with Gasteiger partial charge in [0.2, 0.25) is 0 Å². The van der Waals surface area contributed by atoms with Crippen LogP contribution in [0.25, 0.3) is 0 Å². The Bertz CT molecular complexity index is 870. The van der Waals surface area contributed by atoms with Crippen LogP contribution in [0.4, 0.5) is 4.79 Å². The molecule has 1 aromatic rings. The lowest BCUT2D eigenvalue weighted by Gasteiger charge is -2.30. The molecule has 1 aliphatic rings. The first-order valence-electron chi connectivity index (χ1n) is 9.99. The number of ether oxygens (including phenoxy) is 4. The minimum atomic E-state index is -0.931. The number of rotatable bonds is 10. The van der Waals surface area contributed by atoms with Crippen LogP contribution in [0.2, 0.25) is 5.02 Å². The van der Waals surface area contributed by atoms with Crippen molar-refractivity contribution < 1.29 is 33.3 Å². The van der Waals surface area contributed by atoms with Crippen molar-refractivity contribution in [3.63, 3.8) is 0 Å². The number of urea groups is 1. The highest BCUT2D eigenvalue weighted by atomic mass is 35.5. The zero-order valence-electron chi connectivity index (χ0n) is 18.0. The van der Waals surface area contributed by atoms with Crippen LogP contribution in [0.3, 0.4) is 0 Å². The molecule has 0 fully saturated rings. The van der Waals surface area contributed by atoms with Crippen molar-refractivity contribution in [1.29, 1.82) is 0 Å². The average Bonchev–Trinajstić information content (AvgIpc) is 2.72. The highest BCUT2D eigenvalue weighted by molar-refractivity contribution is 6.30. The Labute approximate surface area is 186 Å². The maximum atomic E-state index is 12.8. The number of amides is 2. The van der Waals surface area contributed by atoms with Gasteiger partial charge in [0.05, 0.1) is 31.9 Å². The molecule has 0 saturated heterocycles. The van der Waals surface area contributed by atoms with Crippen molar-refractivity contribution in [2.45, 2.75) is 39.7 Å². The van der Waals surface area contributed by atoms with Gasteiger partial charge in [-0.1, -0.05) is 24.9 Å². The Morgan fingerprint density at radius 1 is 1.13 bits per heavy atom. The molecule has 0 unspecified atom stereocenters. The summed E-state index contributed by atoms with van der Waals surface area (Å²) in [5, 5.41) is 5.70. The summed E-state index contributed by atoms with van der Waals surface area (Å²) in [5.41, 5.74) is 1.03. The smallest absolute Gasteiger partial charge is 0.344 e. The molecular formula is C21H27ClN2O7. The second-order valence-corrected chi connectivity index (χ2v) is 6.95. The third kappa shape index (κ3) is 6.04. The van der Waals surface area contributed by atoms with Gasteiger partial charge < -0.3 is 29.6 Å². The Kier molecular flexibility index (Phi) is 8.99. The summed E-state index contributed by atoms with van der Waals surface area (Å²) in [6.07, 6.45) is 1.14. The molecule has 0 spiro atoms. The number of allylic oxidation sites excluding steroid dienone is 1. The second kappa shape index (κ2) is 11.5. The lowest BCUT2D eigenvalue weighted by molar-refractivity contribution is -0.145. The van der Waals surface area contributed by atoms with Gasteiger partial charge in [0.1, 0.15) is 0 Å². The number of hydrogen-bond donors (Lipinski definition) is 2. The molecule has 10 heteroatoms. The van der Waals surface area contributed by atoms with Gasteiger partial charge in [-0.2, -0.15) is 0 Å². The van der Waals surface area contributed by atoms with Crippen molar-refractivity contribution in [3.8, 4) is 11.5 Å². The summed E-state index contributed by atoms with van der Waals surface area (Å²) in [5.74, 6) is -0.768. The Morgan fingerprint density at radius 2 is 1.84 bits per heavy atom. The van der Waals surface area contributed by atoms with Crippen molar-refractivity contribution in [3.05, 3.63) is 34.0 Å². The molecular weight excluding hydrogens is 428 g/mol. The fourth-order valence-electron chi connectivity index (χ4n) is 3.19. The number of esters is 2. The second-order valence-electron chi connectivity index (χ2n) is 6.51. The van der Waals surface area contributed by atoms with Crippen LogP contribution < -0.4 is 20.1 Å². The number of nitrogens with one attached hydrogen (secondary N) is 2. The largest absolute Gasteiger partial charge is 0.493 e. The molecule has 1 heterocycles. The Balaban J connectivity index is 2.62.